The lowest BCUT2D eigenvalue weighted by molar-refractivity contribution is 0.0478. The van der Waals surface area contributed by atoms with Gasteiger partial charge in [0.05, 0.1) is 19.3 Å². The lowest BCUT2D eigenvalue weighted by atomic mass is 9.80. The molecule has 1 aromatic carbocycles. The van der Waals surface area contributed by atoms with Crippen LogP contribution < -0.4 is 10.1 Å². The third kappa shape index (κ3) is 2.70. The minimum atomic E-state index is 0.278. The summed E-state index contributed by atoms with van der Waals surface area (Å²) in [5.74, 6) is 1.98. The molecule has 0 bridgehead atoms. The Morgan fingerprint density at radius 1 is 1.20 bits per heavy atom. The molecule has 1 N–H and O–H groups in total. The van der Waals surface area contributed by atoms with Gasteiger partial charge in [0, 0.05) is 12.0 Å². The van der Waals surface area contributed by atoms with E-state index in [4.69, 9.17) is 9.47 Å². The highest BCUT2D eigenvalue weighted by Gasteiger charge is 2.41. The molecular weight excluding hydrogens is 250 g/mol. The zero-order valence-corrected chi connectivity index (χ0v) is 13.4. The summed E-state index contributed by atoms with van der Waals surface area (Å²) in [7, 11) is 3.75. The van der Waals surface area contributed by atoms with Gasteiger partial charge in [-0.2, -0.15) is 0 Å². The maximum atomic E-state index is 6.00. The van der Waals surface area contributed by atoms with Crippen molar-refractivity contribution >= 4 is 0 Å². The molecule has 0 amide bonds. The third-order valence-electron chi connectivity index (χ3n) is 4.79. The van der Waals surface area contributed by atoms with Crippen LogP contribution >= 0.6 is 0 Å². The van der Waals surface area contributed by atoms with Gasteiger partial charge in [0.2, 0.25) is 0 Å². The fraction of sp³-hybridized carbons (Fsp3) is 0.647. The molecule has 0 aliphatic carbocycles. The quantitative estimate of drug-likeness (QED) is 0.915. The highest BCUT2D eigenvalue weighted by atomic mass is 16.5. The van der Waals surface area contributed by atoms with Crippen molar-refractivity contribution in [2.24, 2.45) is 11.8 Å². The van der Waals surface area contributed by atoms with Gasteiger partial charge in [0.1, 0.15) is 5.75 Å². The summed E-state index contributed by atoms with van der Waals surface area (Å²) in [4.78, 5) is 0. The third-order valence-corrected chi connectivity index (χ3v) is 4.79. The van der Waals surface area contributed by atoms with Gasteiger partial charge in [-0.1, -0.05) is 19.1 Å². The van der Waals surface area contributed by atoms with Crippen molar-refractivity contribution in [2.45, 2.75) is 45.9 Å². The molecule has 112 valence electrons. The Hall–Kier alpha value is -1.06. The number of hydrogen-bond donors (Lipinski definition) is 1. The van der Waals surface area contributed by atoms with Crippen LogP contribution in [0.1, 0.15) is 37.9 Å². The van der Waals surface area contributed by atoms with Crippen molar-refractivity contribution < 1.29 is 9.47 Å². The number of benzene rings is 1. The van der Waals surface area contributed by atoms with Crippen molar-refractivity contribution in [2.75, 3.05) is 14.2 Å². The number of rotatable bonds is 4. The maximum Gasteiger partial charge on any atom is 0.121 e. The summed E-state index contributed by atoms with van der Waals surface area (Å²) in [6, 6.07) is 6.76. The lowest BCUT2D eigenvalue weighted by Gasteiger charge is -2.29. The van der Waals surface area contributed by atoms with E-state index >= 15 is 0 Å². The average Bonchev–Trinajstić information content (AvgIpc) is 2.66. The van der Waals surface area contributed by atoms with Crippen molar-refractivity contribution in [1.29, 1.82) is 0 Å². The highest BCUT2D eigenvalue weighted by Crippen LogP contribution is 2.41. The van der Waals surface area contributed by atoms with Crippen molar-refractivity contribution in [3.05, 3.63) is 29.3 Å². The van der Waals surface area contributed by atoms with E-state index in [2.05, 4.69) is 51.2 Å². The molecule has 1 aliphatic heterocycles. The predicted octanol–water partition coefficient (Wildman–Crippen LogP) is 3.32. The second-order valence-electron chi connectivity index (χ2n) is 5.98. The molecule has 1 fully saturated rings. The largest absolute Gasteiger partial charge is 0.496 e. The summed E-state index contributed by atoms with van der Waals surface area (Å²) in [5.41, 5.74) is 2.49. The molecule has 5 unspecified atom stereocenters. The zero-order valence-electron chi connectivity index (χ0n) is 13.4. The minimum absolute atomic E-state index is 0.278. The highest BCUT2D eigenvalue weighted by molar-refractivity contribution is 5.37. The molecule has 3 heteroatoms. The number of ether oxygens (including phenoxy) is 2. The van der Waals surface area contributed by atoms with E-state index in [9.17, 15) is 0 Å². The van der Waals surface area contributed by atoms with Crippen LogP contribution in [0.5, 0.6) is 5.75 Å². The molecule has 0 radical (unpaired) electrons. The molecule has 0 aromatic heterocycles. The summed E-state index contributed by atoms with van der Waals surface area (Å²) in [6.07, 6.45) is 0.602. The van der Waals surface area contributed by atoms with E-state index in [0.717, 1.165) is 5.75 Å². The molecule has 20 heavy (non-hydrogen) atoms. The smallest absolute Gasteiger partial charge is 0.121 e. The number of nitrogens with one attached hydrogen (secondary N) is 1. The Morgan fingerprint density at radius 2 is 1.90 bits per heavy atom. The minimum Gasteiger partial charge on any atom is -0.496 e. The predicted molar refractivity (Wildman–Crippen MR) is 82.2 cm³/mol. The monoisotopic (exact) mass is 277 g/mol. The lowest BCUT2D eigenvalue weighted by Crippen LogP contribution is -2.33. The normalized spacial score (nSPS) is 31.3. The zero-order chi connectivity index (χ0) is 14.9. The number of methoxy groups -OCH3 is 1. The summed E-state index contributed by atoms with van der Waals surface area (Å²) in [6.45, 7) is 8.74. The Labute approximate surface area is 122 Å². The Balaban J connectivity index is 2.30. The van der Waals surface area contributed by atoms with E-state index in [-0.39, 0.29) is 6.10 Å². The van der Waals surface area contributed by atoms with Crippen LogP contribution in [-0.4, -0.2) is 26.4 Å². The van der Waals surface area contributed by atoms with E-state index in [1.165, 1.54) is 11.1 Å². The van der Waals surface area contributed by atoms with Gasteiger partial charge in [-0.3, -0.25) is 0 Å². The molecule has 0 spiro atoms. The van der Waals surface area contributed by atoms with Crippen molar-refractivity contribution in [3.63, 3.8) is 0 Å². The molecule has 3 nitrogen and oxygen atoms in total. The molecule has 2 rings (SSSR count). The van der Waals surface area contributed by atoms with Crippen molar-refractivity contribution in [1.82, 2.24) is 5.32 Å². The Bertz CT molecular complexity index is 460. The van der Waals surface area contributed by atoms with Gasteiger partial charge < -0.3 is 14.8 Å². The van der Waals surface area contributed by atoms with E-state index in [1.54, 1.807) is 7.11 Å². The SMILES string of the molecule is CNC(c1ccc(OC)c(C)c1)C1C(C)OC(C)C1C. The Morgan fingerprint density at radius 3 is 2.35 bits per heavy atom. The first-order valence-corrected chi connectivity index (χ1v) is 7.46. The fourth-order valence-corrected chi connectivity index (χ4v) is 3.54. The summed E-state index contributed by atoms with van der Waals surface area (Å²) < 4.78 is 11.4. The average molecular weight is 277 g/mol. The first-order chi connectivity index (χ1) is 9.49. The first-order valence-electron chi connectivity index (χ1n) is 7.46. The molecule has 1 aromatic rings. The molecule has 1 aliphatic rings. The van der Waals surface area contributed by atoms with E-state index < -0.39 is 0 Å². The van der Waals surface area contributed by atoms with Crippen LogP contribution in [0.25, 0.3) is 0 Å². The first kappa shape index (κ1) is 15.3. The second kappa shape index (κ2) is 6.15. The second-order valence-corrected chi connectivity index (χ2v) is 5.98. The van der Waals surface area contributed by atoms with Crippen LogP contribution in [0.2, 0.25) is 0 Å². The van der Waals surface area contributed by atoms with E-state index in [1.807, 2.05) is 7.05 Å². The standard InChI is InChI=1S/C17H27NO2/c1-10-9-14(7-8-15(10)19-6)17(18-5)16-11(2)12(3)20-13(16)4/h7-9,11-13,16-18H,1-6H3. The summed E-state index contributed by atoms with van der Waals surface area (Å²) >= 11 is 0. The van der Waals surface area contributed by atoms with Gasteiger partial charge in [-0.25, -0.2) is 0 Å². The fourth-order valence-electron chi connectivity index (χ4n) is 3.54. The summed E-state index contributed by atoms with van der Waals surface area (Å²) in [5, 5.41) is 3.49. The van der Waals surface area contributed by atoms with E-state index in [0.29, 0.717) is 24.0 Å². The number of hydrogen-bond acceptors (Lipinski definition) is 3. The van der Waals surface area contributed by atoms with Gasteiger partial charge >= 0.3 is 0 Å². The maximum absolute atomic E-state index is 6.00. The topological polar surface area (TPSA) is 30.5 Å². The molecule has 5 atom stereocenters. The van der Waals surface area contributed by atoms with Crippen molar-refractivity contribution in [3.8, 4) is 5.75 Å². The van der Waals surface area contributed by atoms with Crippen LogP contribution in [0.3, 0.4) is 0 Å². The van der Waals surface area contributed by atoms with Crippen LogP contribution in [-0.2, 0) is 4.74 Å². The molecule has 1 saturated heterocycles. The number of aryl methyl sites for hydroxylation is 1. The van der Waals surface area contributed by atoms with Crippen LogP contribution in [0.15, 0.2) is 18.2 Å². The molecule has 0 saturated carbocycles. The molecule has 1 heterocycles. The van der Waals surface area contributed by atoms with Gasteiger partial charge in [0.25, 0.3) is 0 Å². The van der Waals surface area contributed by atoms with Crippen LogP contribution in [0.4, 0.5) is 0 Å². The van der Waals surface area contributed by atoms with Gasteiger partial charge in [0.15, 0.2) is 0 Å². The van der Waals surface area contributed by atoms with Gasteiger partial charge in [-0.05, 0) is 50.9 Å². The van der Waals surface area contributed by atoms with Crippen LogP contribution in [0, 0.1) is 18.8 Å². The molecular formula is C17H27NO2. The van der Waals surface area contributed by atoms with Gasteiger partial charge in [-0.15, -0.1) is 0 Å². The Kier molecular flexibility index (Phi) is 4.71.